The second-order valence-corrected chi connectivity index (χ2v) is 4.85. The van der Waals surface area contributed by atoms with Crippen LogP contribution in [-0.4, -0.2) is 41.1 Å². The van der Waals surface area contributed by atoms with E-state index >= 15 is 0 Å². The number of rotatable bonds is 1. The highest BCUT2D eigenvalue weighted by Gasteiger charge is 2.17. The summed E-state index contributed by atoms with van der Waals surface area (Å²) in [7, 11) is 0. The van der Waals surface area contributed by atoms with E-state index in [4.69, 9.17) is 23.2 Å². The fourth-order valence-electron chi connectivity index (χ4n) is 2.05. The van der Waals surface area contributed by atoms with E-state index in [2.05, 4.69) is 25.2 Å². The van der Waals surface area contributed by atoms with Crippen molar-refractivity contribution in [2.75, 3.05) is 31.1 Å². The monoisotopic (exact) mass is 283 g/mol. The van der Waals surface area contributed by atoms with Crippen LogP contribution in [0.15, 0.2) is 12.3 Å². The van der Waals surface area contributed by atoms with Crippen LogP contribution < -0.4 is 10.2 Å². The van der Waals surface area contributed by atoms with Gasteiger partial charge >= 0.3 is 0 Å². The molecular weight excluding hydrogens is 273 g/mol. The number of nitrogens with zero attached hydrogens (tertiary/aromatic N) is 4. The van der Waals surface area contributed by atoms with Crippen LogP contribution in [0.5, 0.6) is 0 Å². The summed E-state index contributed by atoms with van der Waals surface area (Å²) in [6.45, 7) is 3.62. The molecule has 1 N–H and O–H groups in total. The Bertz CT molecular complexity index is 578. The van der Waals surface area contributed by atoms with E-state index in [-0.39, 0.29) is 5.28 Å². The minimum Gasteiger partial charge on any atom is -0.352 e. The first-order chi connectivity index (χ1) is 8.74. The van der Waals surface area contributed by atoms with Gasteiger partial charge in [0.15, 0.2) is 5.82 Å². The predicted octanol–water partition coefficient (Wildman–Crippen LogP) is 1.74. The lowest BCUT2D eigenvalue weighted by Crippen LogP contribution is -2.44. The van der Waals surface area contributed by atoms with Crippen LogP contribution in [0.2, 0.25) is 10.3 Å². The fraction of sp³-hybridized carbons (Fsp3) is 0.364. The molecule has 3 heterocycles. The second-order valence-electron chi connectivity index (χ2n) is 4.07. The maximum Gasteiger partial charge on any atom is 0.225 e. The Morgan fingerprint density at radius 3 is 2.72 bits per heavy atom. The summed E-state index contributed by atoms with van der Waals surface area (Å²) in [5, 5.41) is 4.06. The minimum absolute atomic E-state index is 0.222. The zero-order valence-corrected chi connectivity index (χ0v) is 11.0. The number of piperazine rings is 1. The number of hydrogen-bond acceptors (Lipinski definition) is 5. The molecule has 2 aromatic rings. The van der Waals surface area contributed by atoms with Crippen LogP contribution in [0, 0.1) is 0 Å². The van der Waals surface area contributed by atoms with Gasteiger partial charge in [0.25, 0.3) is 0 Å². The van der Waals surface area contributed by atoms with Crippen molar-refractivity contribution in [1.82, 2.24) is 20.3 Å². The molecule has 94 valence electrons. The third-order valence-electron chi connectivity index (χ3n) is 2.87. The lowest BCUT2D eigenvalue weighted by Gasteiger charge is -2.28. The molecule has 5 nitrogen and oxygen atoms in total. The van der Waals surface area contributed by atoms with Crippen LogP contribution >= 0.6 is 23.2 Å². The van der Waals surface area contributed by atoms with Gasteiger partial charge in [-0.05, 0) is 17.7 Å². The summed E-state index contributed by atoms with van der Waals surface area (Å²) in [6.07, 6.45) is 1.60. The Labute approximate surface area is 114 Å². The molecular formula is C11H11Cl2N5. The van der Waals surface area contributed by atoms with Crippen LogP contribution in [0.4, 0.5) is 5.82 Å². The van der Waals surface area contributed by atoms with E-state index in [0.717, 1.165) is 37.5 Å². The number of anilines is 1. The van der Waals surface area contributed by atoms with E-state index in [0.29, 0.717) is 10.5 Å². The number of pyridine rings is 1. The van der Waals surface area contributed by atoms with Crippen LogP contribution in [-0.2, 0) is 0 Å². The fourth-order valence-corrected chi connectivity index (χ4v) is 2.37. The number of nitrogens with one attached hydrogen (secondary N) is 1. The molecule has 3 rings (SSSR count). The van der Waals surface area contributed by atoms with Crippen molar-refractivity contribution < 1.29 is 0 Å². The summed E-state index contributed by atoms with van der Waals surface area (Å²) >= 11 is 11.9. The van der Waals surface area contributed by atoms with Gasteiger partial charge in [-0.25, -0.2) is 9.97 Å². The molecule has 0 atom stereocenters. The van der Waals surface area contributed by atoms with Gasteiger partial charge in [0.1, 0.15) is 5.52 Å². The SMILES string of the molecule is Clc1cnc2c(N3CCNCC3)nc(Cl)nc2c1. The van der Waals surface area contributed by atoms with Crippen molar-refractivity contribution in [3.05, 3.63) is 22.6 Å². The number of aromatic nitrogens is 3. The first-order valence-corrected chi connectivity index (χ1v) is 6.44. The Morgan fingerprint density at radius 2 is 1.94 bits per heavy atom. The molecule has 0 radical (unpaired) electrons. The van der Waals surface area contributed by atoms with Crippen LogP contribution in [0.3, 0.4) is 0 Å². The third kappa shape index (κ3) is 2.21. The first kappa shape index (κ1) is 11.9. The zero-order chi connectivity index (χ0) is 12.5. The Hall–Kier alpha value is -1.17. The van der Waals surface area contributed by atoms with Gasteiger partial charge in [-0.15, -0.1) is 0 Å². The standard InChI is InChI=1S/C11H11Cl2N5/c12-7-5-8-9(15-6-7)10(17-11(13)16-8)18-3-1-14-2-4-18/h5-6,14H,1-4H2. The van der Waals surface area contributed by atoms with Crippen LogP contribution in [0.1, 0.15) is 0 Å². The average Bonchev–Trinajstić information content (AvgIpc) is 2.38. The van der Waals surface area contributed by atoms with Gasteiger partial charge in [-0.2, -0.15) is 4.98 Å². The Kier molecular flexibility index (Phi) is 3.20. The summed E-state index contributed by atoms with van der Waals surface area (Å²) in [5.74, 6) is 0.781. The molecule has 1 fully saturated rings. The van der Waals surface area contributed by atoms with Crippen LogP contribution in [0.25, 0.3) is 11.0 Å². The molecule has 1 saturated heterocycles. The van der Waals surface area contributed by atoms with E-state index in [9.17, 15) is 0 Å². The molecule has 0 saturated carbocycles. The van der Waals surface area contributed by atoms with Crippen molar-refractivity contribution >= 4 is 40.1 Å². The molecule has 1 aliphatic heterocycles. The van der Waals surface area contributed by atoms with E-state index in [1.54, 1.807) is 12.3 Å². The van der Waals surface area contributed by atoms with Gasteiger partial charge in [0.2, 0.25) is 5.28 Å². The highest BCUT2D eigenvalue weighted by molar-refractivity contribution is 6.31. The van der Waals surface area contributed by atoms with Crippen molar-refractivity contribution in [1.29, 1.82) is 0 Å². The van der Waals surface area contributed by atoms with Crippen molar-refractivity contribution in [2.45, 2.75) is 0 Å². The van der Waals surface area contributed by atoms with Gasteiger partial charge < -0.3 is 10.2 Å². The highest BCUT2D eigenvalue weighted by atomic mass is 35.5. The molecule has 0 aliphatic carbocycles. The smallest absolute Gasteiger partial charge is 0.225 e. The van der Waals surface area contributed by atoms with Gasteiger partial charge in [-0.1, -0.05) is 11.6 Å². The lowest BCUT2D eigenvalue weighted by atomic mass is 10.3. The Balaban J connectivity index is 2.14. The molecule has 0 bridgehead atoms. The van der Waals surface area contributed by atoms with Gasteiger partial charge in [0.05, 0.1) is 10.5 Å². The van der Waals surface area contributed by atoms with Gasteiger partial charge in [0, 0.05) is 32.4 Å². The molecule has 0 aromatic carbocycles. The maximum absolute atomic E-state index is 5.96. The third-order valence-corrected chi connectivity index (χ3v) is 3.25. The first-order valence-electron chi connectivity index (χ1n) is 5.68. The lowest BCUT2D eigenvalue weighted by molar-refractivity contribution is 0.586. The average molecular weight is 284 g/mol. The maximum atomic E-state index is 5.96. The van der Waals surface area contributed by atoms with Gasteiger partial charge in [-0.3, -0.25) is 0 Å². The van der Waals surface area contributed by atoms with E-state index in [1.807, 2.05) is 0 Å². The summed E-state index contributed by atoms with van der Waals surface area (Å²) in [6, 6.07) is 1.75. The zero-order valence-electron chi connectivity index (χ0n) is 9.53. The Morgan fingerprint density at radius 1 is 1.17 bits per heavy atom. The molecule has 1 aliphatic rings. The normalized spacial score (nSPS) is 16.2. The molecule has 0 amide bonds. The predicted molar refractivity (Wildman–Crippen MR) is 72.4 cm³/mol. The number of halogens is 2. The largest absolute Gasteiger partial charge is 0.352 e. The number of hydrogen-bond donors (Lipinski definition) is 1. The second kappa shape index (κ2) is 4.84. The summed E-state index contributed by atoms with van der Waals surface area (Å²) in [5.41, 5.74) is 1.42. The molecule has 18 heavy (non-hydrogen) atoms. The summed E-state index contributed by atoms with van der Waals surface area (Å²) < 4.78 is 0. The van der Waals surface area contributed by atoms with Crippen molar-refractivity contribution in [3.8, 4) is 0 Å². The molecule has 2 aromatic heterocycles. The molecule has 0 unspecified atom stereocenters. The number of fused-ring (bicyclic) bond motifs is 1. The van der Waals surface area contributed by atoms with E-state index < -0.39 is 0 Å². The quantitative estimate of drug-likeness (QED) is 0.808. The van der Waals surface area contributed by atoms with Crippen molar-refractivity contribution in [3.63, 3.8) is 0 Å². The topological polar surface area (TPSA) is 53.9 Å². The van der Waals surface area contributed by atoms with Crippen molar-refractivity contribution in [2.24, 2.45) is 0 Å². The molecule has 7 heteroatoms. The summed E-state index contributed by atoms with van der Waals surface area (Å²) in [4.78, 5) is 14.9. The minimum atomic E-state index is 0.222. The highest BCUT2D eigenvalue weighted by Crippen LogP contribution is 2.25. The van der Waals surface area contributed by atoms with E-state index in [1.165, 1.54) is 0 Å². The molecule has 0 spiro atoms.